The minimum absolute atomic E-state index is 0.180. The number of benzene rings is 1. The molecule has 0 aliphatic heterocycles. The fourth-order valence-corrected chi connectivity index (χ4v) is 2.41. The summed E-state index contributed by atoms with van der Waals surface area (Å²) in [5.74, 6) is 2.32. The van der Waals surface area contributed by atoms with E-state index >= 15 is 0 Å². The summed E-state index contributed by atoms with van der Waals surface area (Å²) in [6, 6.07) is 11.5. The van der Waals surface area contributed by atoms with Crippen molar-refractivity contribution in [3.05, 3.63) is 59.5 Å². The zero-order valence-corrected chi connectivity index (χ0v) is 10.5. The van der Waals surface area contributed by atoms with E-state index in [9.17, 15) is 4.79 Å². The number of aryl methyl sites for hydroxylation is 1. The van der Waals surface area contributed by atoms with E-state index in [2.05, 4.69) is 0 Å². The zero-order chi connectivity index (χ0) is 12.1. The van der Waals surface area contributed by atoms with E-state index in [0.29, 0.717) is 5.75 Å². The van der Waals surface area contributed by atoms with Gasteiger partial charge in [0.15, 0.2) is 5.78 Å². The predicted molar refractivity (Wildman–Crippen MR) is 70.4 cm³/mol. The summed E-state index contributed by atoms with van der Waals surface area (Å²) < 4.78 is 5.21. The highest BCUT2D eigenvalue weighted by molar-refractivity contribution is 7.99. The van der Waals surface area contributed by atoms with E-state index in [4.69, 9.17) is 4.42 Å². The van der Waals surface area contributed by atoms with Gasteiger partial charge in [0.05, 0.1) is 17.8 Å². The third kappa shape index (κ3) is 3.24. The van der Waals surface area contributed by atoms with Crippen LogP contribution in [0.5, 0.6) is 0 Å². The molecule has 2 rings (SSSR count). The second kappa shape index (κ2) is 5.73. The van der Waals surface area contributed by atoms with Crippen LogP contribution in [0.4, 0.5) is 0 Å². The molecule has 2 nitrogen and oxygen atoms in total. The number of thioether (sulfide) groups is 1. The van der Waals surface area contributed by atoms with Crippen LogP contribution in [0.1, 0.15) is 21.7 Å². The maximum absolute atomic E-state index is 11.9. The number of Topliss-reactive ketones (excluding diaryl/α,β-unsaturated/α-hetero) is 1. The molecule has 1 heterocycles. The van der Waals surface area contributed by atoms with E-state index in [1.165, 1.54) is 0 Å². The topological polar surface area (TPSA) is 30.2 Å². The quantitative estimate of drug-likeness (QED) is 0.753. The zero-order valence-electron chi connectivity index (χ0n) is 9.68. The average Bonchev–Trinajstić information content (AvgIpc) is 2.82. The van der Waals surface area contributed by atoms with Crippen molar-refractivity contribution >= 4 is 17.5 Å². The van der Waals surface area contributed by atoms with Crippen LogP contribution in [0.2, 0.25) is 0 Å². The largest absolute Gasteiger partial charge is 0.468 e. The number of rotatable bonds is 5. The Bertz CT molecular complexity index is 489. The molecule has 0 spiro atoms. The van der Waals surface area contributed by atoms with Gasteiger partial charge in [-0.25, -0.2) is 0 Å². The van der Waals surface area contributed by atoms with Gasteiger partial charge in [-0.3, -0.25) is 4.79 Å². The number of carbonyl (C=O) groups is 1. The SMILES string of the molecule is Cc1ccccc1C(=O)CSCc1ccco1. The van der Waals surface area contributed by atoms with Crippen molar-refractivity contribution in [1.29, 1.82) is 0 Å². The van der Waals surface area contributed by atoms with Crippen LogP contribution in [0.25, 0.3) is 0 Å². The van der Waals surface area contributed by atoms with Gasteiger partial charge in [0.2, 0.25) is 0 Å². The van der Waals surface area contributed by atoms with Gasteiger partial charge in [-0.15, -0.1) is 11.8 Å². The number of ketones is 1. The lowest BCUT2D eigenvalue weighted by Gasteiger charge is -2.03. The van der Waals surface area contributed by atoms with Gasteiger partial charge in [0.1, 0.15) is 5.76 Å². The van der Waals surface area contributed by atoms with Crippen LogP contribution in [-0.4, -0.2) is 11.5 Å². The molecule has 1 aromatic carbocycles. The molecule has 0 unspecified atom stereocenters. The molecule has 0 saturated carbocycles. The maximum Gasteiger partial charge on any atom is 0.172 e. The Morgan fingerprint density at radius 1 is 1.24 bits per heavy atom. The van der Waals surface area contributed by atoms with Crippen molar-refractivity contribution in [2.24, 2.45) is 0 Å². The lowest BCUT2D eigenvalue weighted by Crippen LogP contribution is -2.04. The summed E-state index contributed by atoms with van der Waals surface area (Å²) in [5, 5.41) is 0. The van der Waals surface area contributed by atoms with Crippen LogP contribution < -0.4 is 0 Å². The van der Waals surface area contributed by atoms with Crippen molar-refractivity contribution in [3.8, 4) is 0 Å². The molecule has 17 heavy (non-hydrogen) atoms. The highest BCUT2D eigenvalue weighted by Gasteiger charge is 2.08. The second-order valence-electron chi connectivity index (χ2n) is 3.81. The molecule has 1 aromatic heterocycles. The molecule has 0 saturated heterocycles. The Morgan fingerprint density at radius 3 is 2.76 bits per heavy atom. The first kappa shape index (κ1) is 12.0. The van der Waals surface area contributed by atoms with E-state index in [1.807, 2.05) is 43.3 Å². The summed E-state index contributed by atoms with van der Waals surface area (Å²) >= 11 is 1.58. The first-order valence-corrected chi connectivity index (χ1v) is 6.62. The Morgan fingerprint density at radius 2 is 2.06 bits per heavy atom. The first-order chi connectivity index (χ1) is 8.27. The van der Waals surface area contributed by atoms with Crippen molar-refractivity contribution in [2.45, 2.75) is 12.7 Å². The molecular weight excluding hydrogens is 232 g/mol. The molecule has 2 aromatic rings. The van der Waals surface area contributed by atoms with Gasteiger partial charge >= 0.3 is 0 Å². The minimum Gasteiger partial charge on any atom is -0.468 e. The molecule has 0 bridgehead atoms. The summed E-state index contributed by atoms with van der Waals surface area (Å²) in [4.78, 5) is 11.9. The smallest absolute Gasteiger partial charge is 0.172 e. The van der Waals surface area contributed by atoms with Crippen LogP contribution in [-0.2, 0) is 5.75 Å². The number of carbonyl (C=O) groups excluding carboxylic acids is 1. The molecule has 0 atom stereocenters. The molecule has 0 fully saturated rings. The van der Waals surface area contributed by atoms with Crippen LogP contribution in [0, 0.1) is 6.92 Å². The van der Waals surface area contributed by atoms with E-state index in [1.54, 1.807) is 18.0 Å². The van der Waals surface area contributed by atoms with Crippen LogP contribution >= 0.6 is 11.8 Å². The van der Waals surface area contributed by atoms with Crippen molar-refractivity contribution in [3.63, 3.8) is 0 Å². The lowest BCUT2D eigenvalue weighted by atomic mass is 10.1. The molecule has 0 aliphatic carbocycles. The Balaban J connectivity index is 1.88. The van der Waals surface area contributed by atoms with Gasteiger partial charge in [0, 0.05) is 5.56 Å². The van der Waals surface area contributed by atoms with Crippen LogP contribution in [0.3, 0.4) is 0 Å². The highest BCUT2D eigenvalue weighted by Crippen LogP contribution is 2.16. The fourth-order valence-electron chi connectivity index (χ4n) is 1.60. The first-order valence-electron chi connectivity index (χ1n) is 5.46. The maximum atomic E-state index is 11.9. The van der Waals surface area contributed by atoms with Gasteiger partial charge in [0.25, 0.3) is 0 Å². The van der Waals surface area contributed by atoms with Gasteiger partial charge in [-0.1, -0.05) is 24.3 Å². The predicted octanol–water partition coefficient (Wildman–Crippen LogP) is 3.70. The molecular formula is C14H14O2S. The van der Waals surface area contributed by atoms with Crippen molar-refractivity contribution < 1.29 is 9.21 Å². The monoisotopic (exact) mass is 246 g/mol. The third-order valence-electron chi connectivity index (χ3n) is 2.50. The van der Waals surface area contributed by atoms with Crippen molar-refractivity contribution in [1.82, 2.24) is 0 Å². The van der Waals surface area contributed by atoms with E-state index < -0.39 is 0 Å². The van der Waals surface area contributed by atoms with Gasteiger partial charge in [-0.05, 0) is 24.6 Å². The molecule has 0 radical (unpaired) electrons. The summed E-state index contributed by atoms with van der Waals surface area (Å²) in [7, 11) is 0. The normalized spacial score (nSPS) is 10.4. The molecule has 88 valence electrons. The Hall–Kier alpha value is -1.48. The minimum atomic E-state index is 0.180. The lowest BCUT2D eigenvalue weighted by molar-refractivity contribution is 0.102. The Kier molecular flexibility index (Phi) is 4.04. The Labute approximate surface area is 105 Å². The molecule has 3 heteroatoms. The fraction of sp³-hybridized carbons (Fsp3) is 0.214. The van der Waals surface area contributed by atoms with Crippen LogP contribution in [0.15, 0.2) is 47.1 Å². The highest BCUT2D eigenvalue weighted by atomic mass is 32.2. The number of hydrogen-bond acceptors (Lipinski definition) is 3. The number of hydrogen-bond donors (Lipinski definition) is 0. The van der Waals surface area contributed by atoms with E-state index in [-0.39, 0.29) is 5.78 Å². The second-order valence-corrected chi connectivity index (χ2v) is 4.80. The summed E-state index contributed by atoms with van der Waals surface area (Å²) in [6.45, 7) is 1.96. The van der Waals surface area contributed by atoms with Gasteiger partial charge < -0.3 is 4.42 Å². The molecule has 0 amide bonds. The van der Waals surface area contributed by atoms with E-state index in [0.717, 1.165) is 22.6 Å². The average molecular weight is 246 g/mol. The third-order valence-corrected chi connectivity index (χ3v) is 3.46. The van der Waals surface area contributed by atoms with Gasteiger partial charge in [-0.2, -0.15) is 0 Å². The number of furan rings is 1. The van der Waals surface area contributed by atoms with Crippen molar-refractivity contribution in [2.75, 3.05) is 5.75 Å². The summed E-state index contributed by atoms with van der Waals surface area (Å²) in [6.07, 6.45) is 1.65. The standard InChI is InChI=1S/C14H14O2S/c1-11-5-2-3-7-13(11)14(15)10-17-9-12-6-4-8-16-12/h2-8H,9-10H2,1H3. The summed E-state index contributed by atoms with van der Waals surface area (Å²) in [5.41, 5.74) is 1.86. The molecule has 0 N–H and O–H groups in total. The molecule has 0 aliphatic rings.